The Labute approximate surface area is 103 Å². The third-order valence-electron chi connectivity index (χ3n) is 3.14. The Morgan fingerprint density at radius 2 is 1.71 bits per heavy atom. The smallest absolute Gasteiger partial charge is 0.331 e. The van der Waals surface area contributed by atoms with Crippen molar-refractivity contribution in [2.75, 3.05) is 0 Å². The second kappa shape index (κ2) is 5.64. The lowest BCUT2D eigenvalue weighted by molar-refractivity contribution is -0.146. The molecule has 6 heteroatoms. The molecule has 5 nitrogen and oxygen atoms in total. The maximum absolute atomic E-state index is 11.0. The van der Waals surface area contributed by atoms with Gasteiger partial charge in [-0.2, -0.15) is 0 Å². The van der Waals surface area contributed by atoms with Gasteiger partial charge in [-0.15, -0.1) is 0 Å². The molecule has 1 atom stereocenters. The lowest BCUT2D eigenvalue weighted by Crippen LogP contribution is -2.46. The Morgan fingerprint density at radius 1 is 1.24 bits per heavy atom. The van der Waals surface area contributed by atoms with Gasteiger partial charge in [0.25, 0.3) is 0 Å². The molecule has 0 bridgehead atoms. The number of carboxylic acids is 2. The first-order chi connectivity index (χ1) is 7.47. The fourth-order valence-electron chi connectivity index (χ4n) is 1.02. The van der Waals surface area contributed by atoms with Gasteiger partial charge >= 0.3 is 11.9 Å². The summed E-state index contributed by atoms with van der Waals surface area (Å²) in [4.78, 5) is 21.5. The van der Waals surface area contributed by atoms with Crippen molar-refractivity contribution in [3.8, 4) is 0 Å². The van der Waals surface area contributed by atoms with Gasteiger partial charge in [0, 0.05) is 6.42 Å². The van der Waals surface area contributed by atoms with E-state index < -0.39 is 26.4 Å². The molecule has 0 radical (unpaired) electrons. The number of hydrogen-bond donors (Lipinski definition) is 2. The topological polar surface area (TPSA) is 83.8 Å². The van der Waals surface area contributed by atoms with Crippen molar-refractivity contribution in [3.05, 3.63) is 0 Å². The van der Waals surface area contributed by atoms with Crippen LogP contribution in [-0.4, -0.2) is 36.6 Å². The van der Waals surface area contributed by atoms with Gasteiger partial charge in [0.15, 0.2) is 8.32 Å². The summed E-state index contributed by atoms with van der Waals surface area (Å²) in [6.07, 6.45) is -1.20. The van der Waals surface area contributed by atoms with Gasteiger partial charge in [0.2, 0.25) is 0 Å². The Kier molecular flexibility index (Phi) is 5.34. The summed E-state index contributed by atoms with van der Waals surface area (Å²) in [6.45, 7) is 9.92. The first-order valence-electron chi connectivity index (χ1n) is 5.60. The van der Waals surface area contributed by atoms with Gasteiger partial charge in [0.05, 0.1) is 0 Å². The highest BCUT2D eigenvalue weighted by Crippen LogP contribution is 2.37. The lowest BCUT2D eigenvalue weighted by Gasteiger charge is -2.38. The zero-order valence-corrected chi connectivity index (χ0v) is 12.1. The summed E-state index contributed by atoms with van der Waals surface area (Å²) in [5.41, 5.74) is 0. The Bertz CT molecular complexity index is 293. The molecule has 2 N–H and O–H groups in total. The van der Waals surface area contributed by atoms with Crippen LogP contribution in [0.15, 0.2) is 0 Å². The molecule has 17 heavy (non-hydrogen) atoms. The molecule has 0 aromatic rings. The second-order valence-corrected chi connectivity index (χ2v) is 10.4. The summed E-state index contributed by atoms with van der Waals surface area (Å²) >= 11 is 0. The van der Waals surface area contributed by atoms with Crippen LogP contribution in [0.4, 0.5) is 0 Å². The quantitative estimate of drug-likeness (QED) is 0.718. The third-order valence-corrected chi connectivity index (χ3v) is 7.63. The lowest BCUT2D eigenvalue weighted by atomic mass is 10.2. The number of carboxylic acid groups (broad SMARTS) is 2. The van der Waals surface area contributed by atoms with Gasteiger partial charge in [-0.25, -0.2) is 4.79 Å². The molecule has 0 aromatic carbocycles. The van der Waals surface area contributed by atoms with Crippen LogP contribution < -0.4 is 0 Å². The maximum atomic E-state index is 11.0. The molecule has 0 saturated heterocycles. The molecule has 0 fully saturated rings. The summed E-state index contributed by atoms with van der Waals surface area (Å²) < 4.78 is 5.69. The maximum Gasteiger partial charge on any atom is 0.331 e. The van der Waals surface area contributed by atoms with Gasteiger partial charge < -0.3 is 14.6 Å². The molecule has 0 saturated carbocycles. The predicted molar refractivity (Wildman–Crippen MR) is 66.6 cm³/mol. The second-order valence-electron chi connectivity index (χ2n) is 5.64. The monoisotopic (exact) mass is 262 g/mol. The van der Waals surface area contributed by atoms with Crippen LogP contribution >= 0.6 is 0 Å². The van der Waals surface area contributed by atoms with E-state index in [4.69, 9.17) is 14.6 Å². The number of aliphatic carboxylic acids is 2. The Morgan fingerprint density at radius 3 is 2.00 bits per heavy atom. The highest BCUT2D eigenvalue weighted by atomic mass is 28.4. The molecule has 0 amide bonds. The molecular weight excluding hydrogens is 240 g/mol. The predicted octanol–water partition coefficient (Wildman–Crippen LogP) is 2.33. The highest BCUT2D eigenvalue weighted by molar-refractivity contribution is 6.74. The van der Waals surface area contributed by atoms with Crippen molar-refractivity contribution >= 4 is 20.3 Å². The molecule has 0 heterocycles. The fourth-order valence-corrected chi connectivity index (χ4v) is 2.30. The zero-order chi connectivity index (χ0) is 13.9. The molecule has 0 aromatic heterocycles. The van der Waals surface area contributed by atoms with Crippen LogP contribution in [0.5, 0.6) is 0 Å². The SMILES string of the molecule is CC(C)(C)[Si](C)(C)OC(CCC(=O)O)C(=O)O. The van der Waals surface area contributed by atoms with Gasteiger partial charge in [-0.3, -0.25) is 4.79 Å². The Balaban J connectivity index is 4.66. The largest absolute Gasteiger partial charge is 0.481 e. The first kappa shape index (κ1) is 16.1. The molecule has 1 unspecified atom stereocenters. The summed E-state index contributed by atoms with van der Waals surface area (Å²) in [7, 11) is -2.18. The van der Waals surface area contributed by atoms with Crippen LogP contribution in [0.3, 0.4) is 0 Å². The summed E-state index contributed by atoms with van der Waals surface area (Å²) in [6, 6.07) is 0. The van der Waals surface area contributed by atoms with E-state index in [2.05, 4.69) is 0 Å². The van der Waals surface area contributed by atoms with Gasteiger partial charge in [-0.1, -0.05) is 20.8 Å². The number of carbonyl (C=O) groups is 2. The average Bonchev–Trinajstić information content (AvgIpc) is 2.09. The van der Waals surface area contributed by atoms with E-state index >= 15 is 0 Å². The molecular formula is C11H22O5Si. The molecule has 0 spiro atoms. The number of hydrogen-bond acceptors (Lipinski definition) is 3. The van der Waals surface area contributed by atoms with Crippen LogP contribution in [0.2, 0.25) is 18.1 Å². The van der Waals surface area contributed by atoms with Crippen LogP contribution in [0.1, 0.15) is 33.6 Å². The van der Waals surface area contributed by atoms with E-state index in [1.165, 1.54) is 0 Å². The molecule has 0 aliphatic heterocycles. The average molecular weight is 262 g/mol. The highest BCUT2D eigenvalue weighted by Gasteiger charge is 2.40. The van der Waals surface area contributed by atoms with Crippen LogP contribution in [0.25, 0.3) is 0 Å². The number of rotatable bonds is 6. The zero-order valence-electron chi connectivity index (χ0n) is 11.1. The van der Waals surface area contributed by atoms with E-state index in [9.17, 15) is 9.59 Å². The fraction of sp³-hybridized carbons (Fsp3) is 0.818. The van der Waals surface area contributed by atoms with E-state index in [1.807, 2.05) is 33.9 Å². The van der Waals surface area contributed by atoms with Gasteiger partial charge in [-0.05, 0) is 24.6 Å². The standard InChI is InChI=1S/C11H22O5Si/c1-11(2,3)17(4,5)16-8(10(14)15)6-7-9(12)13/h8H,6-7H2,1-5H3,(H,12,13)(H,14,15). The van der Waals surface area contributed by atoms with Crippen molar-refractivity contribution in [2.45, 2.75) is 57.8 Å². The molecule has 100 valence electrons. The summed E-state index contributed by atoms with van der Waals surface area (Å²) in [5, 5.41) is 17.5. The minimum Gasteiger partial charge on any atom is -0.481 e. The van der Waals surface area contributed by atoms with E-state index in [-0.39, 0.29) is 17.9 Å². The van der Waals surface area contributed by atoms with E-state index in [1.54, 1.807) is 0 Å². The van der Waals surface area contributed by atoms with E-state index in [0.717, 1.165) is 0 Å². The molecule has 0 rings (SSSR count). The van der Waals surface area contributed by atoms with Gasteiger partial charge in [0.1, 0.15) is 6.10 Å². The molecule has 0 aliphatic carbocycles. The molecule has 0 aliphatic rings. The normalized spacial score (nSPS) is 14.4. The van der Waals surface area contributed by atoms with Crippen molar-refractivity contribution in [1.29, 1.82) is 0 Å². The Hall–Kier alpha value is -0.883. The van der Waals surface area contributed by atoms with E-state index in [0.29, 0.717) is 0 Å². The first-order valence-corrected chi connectivity index (χ1v) is 8.50. The van der Waals surface area contributed by atoms with Crippen molar-refractivity contribution in [1.82, 2.24) is 0 Å². The van der Waals surface area contributed by atoms with Crippen molar-refractivity contribution < 1.29 is 24.2 Å². The van der Waals surface area contributed by atoms with Crippen molar-refractivity contribution in [2.24, 2.45) is 0 Å². The minimum atomic E-state index is -2.18. The van der Waals surface area contributed by atoms with Crippen LogP contribution in [-0.2, 0) is 14.0 Å². The summed E-state index contributed by atoms with van der Waals surface area (Å²) in [5.74, 6) is -2.09. The minimum absolute atomic E-state index is 0.0111. The van der Waals surface area contributed by atoms with Crippen molar-refractivity contribution in [3.63, 3.8) is 0 Å². The third kappa shape index (κ3) is 5.32. The van der Waals surface area contributed by atoms with Crippen LogP contribution in [0, 0.1) is 0 Å².